The number of alkyl halides is 3. The molecule has 160 valence electrons. The quantitative estimate of drug-likeness (QED) is 0.406. The first-order valence-corrected chi connectivity index (χ1v) is 9.72. The third-order valence-electron chi connectivity index (χ3n) is 5.21. The molecule has 0 saturated heterocycles. The van der Waals surface area contributed by atoms with Crippen molar-refractivity contribution in [3.8, 4) is 0 Å². The van der Waals surface area contributed by atoms with E-state index in [0.29, 0.717) is 28.8 Å². The van der Waals surface area contributed by atoms with Gasteiger partial charge in [0.05, 0.1) is 17.4 Å². The summed E-state index contributed by atoms with van der Waals surface area (Å²) in [5.41, 5.74) is 2.04. The third kappa shape index (κ3) is 3.68. The number of nitrogens with zero attached hydrogens (tertiary/aromatic N) is 3. The molecular weight excluding hydrogens is 419 g/mol. The van der Waals surface area contributed by atoms with Crippen molar-refractivity contribution in [2.75, 3.05) is 5.32 Å². The van der Waals surface area contributed by atoms with E-state index >= 15 is 0 Å². The first-order chi connectivity index (χ1) is 15.4. The molecule has 0 radical (unpaired) electrons. The number of aromatic amines is 1. The van der Waals surface area contributed by atoms with E-state index in [2.05, 4.69) is 20.3 Å². The second kappa shape index (κ2) is 7.52. The molecule has 0 atom stereocenters. The molecule has 5 aromatic rings. The average Bonchev–Trinajstić information content (AvgIpc) is 3.38. The Labute approximate surface area is 179 Å². The number of carbonyl (C=O) groups excluding carboxylic acids is 1. The van der Waals surface area contributed by atoms with E-state index in [1.165, 1.54) is 18.3 Å². The number of fused-ring (bicyclic) bond motifs is 2. The highest BCUT2D eigenvalue weighted by molar-refractivity contribution is 6.07. The average molecular weight is 435 g/mol. The molecule has 6 nitrogen and oxygen atoms in total. The molecule has 1 amide bonds. The van der Waals surface area contributed by atoms with Gasteiger partial charge >= 0.3 is 6.18 Å². The Morgan fingerprint density at radius 2 is 1.84 bits per heavy atom. The van der Waals surface area contributed by atoms with Gasteiger partial charge in [-0.05, 0) is 54.1 Å². The van der Waals surface area contributed by atoms with Gasteiger partial charge in [-0.25, -0.2) is 4.98 Å². The largest absolute Gasteiger partial charge is 0.416 e. The zero-order valence-electron chi connectivity index (χ0n) is 16.5. The maximum atomic E-state index is 13.2. The smallest absolute Gasteiger partial charge is 0.346 e. The molecule has 0 saturated carbocycles. The Bertz CT molecular complexity index is 1440. The number of pyridine rings is 2. The number of rotatable bonds is 4. The summed E-state index contributed by atoms with van der Waals surface area (Å²) in [6.07, 6.45) is 2.05. The van der Waals surface area contributed by atoms with E-state index in [1.807, 2.05) is 6.07 Å². The van der Waals surface area contributed by atoms with Gasteiger partial charge in [0, 0.05) is 41.4 Å². The summed E-state index contributed by atoms with van der Waals surface area (Å²) >= 11 is 0. The Hall–Kier alpha value is -4.14. The van der Waals surface area contributed by atoms with Crippen LogP contribution in [0.4, 0.5) is 18.9 Å². The standard InChI is InChI=1S/C23H16F3N5O/c24-23(25,26)17-1-2-19-16(9-17)11-20(31(19)13-14-3-6-27-7-4-14)22(32)30-18-10-15-5-8-28-21(15)29-12-18/h1-12H,13H2,(H,28,29)(H,30,32). The molecule has 0 unspecified atom stereocenters. The SMILES string of the molecule is O=C(Nc1cnc2[nH]ccc2c1)c1cc2cc(C(F)(F)F)ccc2n1Cc1ccncc1. The van der Waals surface area contributed by atoms with Crippen LogP contribution in [-0.2, 0) is 12.7 Å². The summed E-state index contributed by atoms with van der Waals surface area (Å²) < 4.78 is 41.3. The highest BCUT2D eigenvalue weighted by atomic mass is 19.4. The highest BCUT2D eigenvalue weighted by Crippen LogP contribution is 2.33. The van der Waals surface area contributed by atoms with Gasteiger partial charge in [0.1, 0.15) is 11.3 Å². The van der Waals surface area contributed by atoms with Gasteiger partial charge in [0.15, 0.2) is 0 Å². The van der Waals surface area contributed by atoms with E-state index in [-0.39, 0.29) is 5.69 Å². The number of hydrogen-bond donors (Lipinski definition) is 2. The van der Waals surface area contributed by atoms with Gasteiger partial charge in [-0.1, -0.05) is 0 Å². The van der Waals surface area contributed by atoms with Crippen LogP contribution in [0, 0.1) is 0 Å². The van der Waals surface area contributed by atoms with Crippen molar-refractivity contribution in [1.82, 2.24) is 19.5 Å². The summed E-state index contributed by atoms with van der Waals surface area (Å²) in [4.78, 5) is 24.4. The molecule has 32 heavy (non-hydrogen) atoms. The van der Waals surface area contributed by atoms with Crippen LogP contribution in [0.2, 0.25) is 0 Å². The summed E-state index contributed by atoms with van der Waals surface area (Å²) in [5.74, 6) is -0.444. The van der Waals surface area contributed by atoms with Gasteiger partial charge < -0.3 is 14.9 Å². The van der Waals surface area contributed by atoms with Crippen LogP contribution in [0.1, 0.15) is 21.6 Å². The van der Waals surface area contributed by atoms with Crippen LogP contribution < -0.4 is 5.32 Å². The minimum atomic E-state index is -4.47. The number of nitrogens with one attached hydrogen (secondary N) is 2. The van der Waals surface area contributed by atoms with E-state index in [4.69, 9.17) is 0 Å². The molecular formula is C23H16F3N5O. The highest BCUT2D eigenvalue weighted by Gasteiger charge is 2.31. The van der Waals surface area contributed by atoms with Gasteiger partial charge in [0.25, 0.3) is 5.91 Å². The number of anilines is 1. The Kier molecular flexibility index (Phi) is 4.66. The molecule has 4 aromatic heterocycles. The second-order valence-electron chi connectivity index (χ2n) is 7.34. The van der Waals surface area contributed by atoms with Crippen molar-refractivity contribution in [2.45, 2.75) is 12.7 Å². The number of amides is 1. The van der Waals surface area contributed by atoms with E-state index < -0.39 is 17.6 Å². The first kappa shape index (κ1) is 19.8. The molecule has 0 aliphatic heterocycles. The van der Waals surface area contributed by atoms with Crippen molar-refractivity contribution >= 4 is 33.5 Å². The maximum Gasteiger partial charge on any atom is 0.416 e. The van der Waals surface area contributed by atoms with Crippen molar-refractivity contribution in [3.63, 3.8) is 0 Å². The molecule has 0 fully saturated rings. The van der Waals surface area contributed by atoms with Gasteiger partial charge in [0.2, 0.25) is 0 Å². The Balaban J connectivity index is 1.57. The van der Waals surface area contributed by atoms with Crippen molar-refractivity contribution < 1.29 is 18.0 Å². The maximum absolute atomic E-state index is 13.2. The number of benzene rings is 1. The number of H-pyrrole nitrogens is 1. The van der Waals surface area contributed by atoms with Crippen LogP contribution in [0.5, 0.6) is 0 Å². The lowest BCUT2D eigenvalue weighted by molar-refractivity contribution is -0.137. The summed E-state index contributed by atoms with van der Waals surface area (Å²) in [6.45, 7) is 0.301. The fourth-order valence-electron chi connectivity index (χ4n) is 3.68. The van der Waals surface area contributed by atoms with Gasteiger partial charge in [-0.2, -0.15) is 13.2 Å². The van der Waals surface area contributed by atoms with Gasteiger partial charge in [-0.15, -0.1) is 0 Å². The van der Waals surface area contributed by atoms with E-state index in [1.54, 1.807) is 41.4 Å². The number of aromatic nitrogens is 4. The van der Waals surface area contributed by atoms with Crippen molar-refractivity contribution in [2.24, 2.45) is 0 Å². The fraction of sp³-hybridized carbons (Fsp3) is 0.0870. The summed E-state index contributed by atoms with van der Waals surface area (Å²) in [6, 6.07) is 12.1. The first-order valence-electron chi connectivity index (χ1n) is 9.72. The van der Waals surface area contributed by atoms with Crippen LogP contribution in [0.25, 0.3) is 21.9 Å². The molecule has 0 spiro atoms. The molecule has 0 aliphatic carbocycles. The van der Waals surface area contributed by atoms with Crippen LogP contribution in [0.15, 0.2) is 73.3 Å². The number of hydrogen-bond acceptors (Lipinski definition) is 3. The number of halogens is 3. The predicted octanol–water partition coefficient (Wildman–Crippen LogP) is 5.23. The monoisotopic (exact) mass is 435 g/mol. The van der Waals surface area contributed by atoms with E-state index in [0.717, 1.165) is 23.1 Å². The molecule has 4 heterocycles. The molecule has 9 heteroatoms. The Morgan fingerprint density at radius 1 is 1.03 bits per heavy atom. The van der Waals surface area contributed by atoms with Crippen LogP contribution in [-0.4, -0.2) is 25.4 Å². The lowest BCUT2D eigenvalue weighted by Crippen LogP contribution is -2.17. The summed E-state index contributed by atoms with van der Waals surface area (Å²) in [5, 5.41) is 3.96. The Morgan fingerprint density at radius 3 is 2.62 bits per heavy atom. The molecule has 2 N–H and O–H groups in total. The molecule has 0 bridgehead atoms. The van der Waals surface area contributed by atoms with E-state index in [9.17, 15) is 18.0 Å². The fourth-order valence-corrected chi connectivity index (χ4v) is 3.68. The van der Waals surface area contributed by atoms with Crippen LogP contribution >= 0.6 is 0 Å². The number of carbonyl (C=O) groups is 1. The predicted molar refractivity (Wildman–Crippen MR) is 114 cm³/mol. The van der Waals surface area contributed by atoms with Crippen molar-refractivity contribution in [3.05, 3.63) is 90.1 Å². The minimum absolute atomic E-state index is 0.241. The minimum Gasteiger partial charge on any atom is -0.346 e. The zero-order valence-corrected chi connectivity index (χ0v) is 16.5. The zero-order chi connectivity index (χ0) is 22.3. The third-order valence-corrected chi connectivity index (χ3v) is 5.21. The van der Waals surface area contributed by atoms with Crippen LogP contribution in [0.3, 0.4) is 0 Å². The lowest BCUT2D eigenvalue weighted by atomic mass is 10.1. The normalized spacial score (nSPS) is 11.8. The topological polar surface area (TPSA) is 75.6 Å². The second-order valence-corrected chi connectivity index (χ2v) is 7.34. The summed E-state index contributed by atoms with van der Waals surface area (Å²) in [7, 11) is 0. The molecule has 5 rings (SSSR count). The van der Waals surface area contributed by atoms with Gasteiger partial charge in [-0.3, -0.25) is 9.78 Å². The molecule has 0 aliphatic rings. The lowest BCUT2D eigenvalue weighted by Gasteiger charge is -2.12. The van der Waals surface area contributed by atoms with Crippen molar-refractivity contribution in [1.29, 1.82) is 0 Å². The molecule has 1 aromatic carbocycles.